The van der Waals surface area contributed by atoms with Crippen LogP contribution in [0.1, 0.15) is 29.3 Å². The zero-order chi connectivity index (χ0) is 23.1. The van der Waals surface area contributed by atoms with E-state index in [-0.39, 0.29) is 0 Å². The van der Waals surface area contributed by atoms with E-state index in [4.69, 9.17) is 4.98 Å². The number of hydrogen-bond donors (Lipinski definition) is 0. The fourth-order valence-electron chi connectivity index (χ4n) is 4.62. The average molecular weight is 445 g/mol. The van der Waals surface area contributed by atoms with Crippen molar-refractivity contribution < 1.29 is 0 Å². The van der Waals surface area contributed by atoms with Crippen LogP contribution in [-0.4, -0.2) is 29.8 Å². The highest BCUT2D eigenvalue weighted by molar-refractivity contribution is 5.86. The second-order valence-electron chi connectivity index (χ2n) is 8.50. The van der Waals surface area contributed by atoms with Crippen molar-refractivity contribution in [1.29, 1.82) is 0 Å². The average Bonchev–Trinajstić information content (AvgIpc) is 3.56. The number of hydrogen-bond acceptors (Lipinski definition) is 4. The minimum atomic E-state index is 0.841. The fraction of sp³-hybridized carbons (Fsp3) is 0.143. The number of para-hydroxylation sites is 1. The first-order valence-corrected chi connectivity index (χ1v) is 11.5. The predicted molar refractivity (Wildman–Crippen MR) is 135 cm³/mol. The van der Waals surface area contributed by atoms with Crippen LogP contribution in [0.2, 0.25) is 0 Å². The summed E-state index contributed by atoms with van der Waals surface area (Å²) in [6, 6.07) is 24.9. The van der Waals surface area contributed by atoms with Gasteiger partial charge in [0.25, 0.3) is 0 Å². The maximum atomic E-state index is 5.03. The SMILES string of the molecule is CCc1nc2ccc(-n3nnc4ccccc43)cc2c(C)c1Cc1ccc(-n2cccn2)cc1. The Morgan fingerprint density at radius 1 is 0.853 bits per heavy atom. The summed E-state index contributed by atoms with van der Waals surface area (Å²) in [4.78, 5) is 5.03. The van der Waals surface area contributed by atoms with E-state index < -0.39 is 0 Å². The first kappa shape index (κ1) is 20.3. The van der Waals surface area contributed by atoms with Crippen LogP contribution in [0.5, 0.6) is 0 Å². The molecule has 0 radical (unpaired) electrons. The highest BCUT2D eigenvalue weighted by Crippen LogP contribution is 2.28. The third-order valence-electron chi connectivity index (χ3n) is 6.46. The van der Waals surface area contributed by atoms with Crippen LogP contribution in [0.4, 0.5) is 0 Å². The van der Waals surface area contributed by atoms with Crippen LogP contribution in [-0.2, 0) is 12.8 Å². The molecule has 3 aromatic carbocycles. The van der Waals surface area contributed by atoms with Gasteiger partial charge in [-0.3, -0.25) is 4.98 Å². The van der Waals surface area contributed by atoms with Gasteiger partial charge in [0.1, 0.15) is 5.52 Å². The monoisotopic (exact) mass is 444 g/mol. The van der Waals surface area contributed by atoms with E-state index >= 15 is 0 Å². The van der Waals surface area contributed by atoms with Crippen LogP contribution in [0.25, 0.3) is 33.3 Å². The Morgan fingerprint density at radius 3 is 2.47 bits per heavy atom. The minimum Gasteiger partial charge on any atom is -0.253 e. The second kappa shape index (κ2) is 8.23. The summed E-state index contributed by atoms with van der Waals surface area (Å²) >= 11 is 0. The molecule has 0 N–H and O–H groups in total. The molecule has 34 heavy (non-hydrogen) atoms. The van der Waals surface area contributed by atoms with Gasteiger partial charge in [0.05, 0.1) is 22.4 Å². The Labute approximate surface area is 197 Å². The van der Waals surface area contributed by atoms with E-state index in [1.807, 2.05) is 45.9 Å². The van der Waals surface area contributed by atoms with Gasteiger partial charge in [-0.25, -0.2) is 9.36 Å². The normalized spacial score (nSPS) is 11.5. The molecule has 0 amide bonds. The number of nitrogens with zero attached hydrogens (tertiary/aromatic N) is 6. The van der Waals surface area contributed by atoms with Crippen LogP contribution in [0.15, 0.2) is 85.2 Å². The molecule has 6 aromatic rings. The maximum Gasteiger partial charge on any atom is 0.113 e. The molecule has 0 spiro atoms. The Hall–Kier alpha value is -4.32. The molecule has 0 unspecified atom stereocenters. The lowest BCUT2D eigenvalue weighted by Crippen LogP contribution is -2.04. The summed E-state index contributed by atoms with van der Waals surface area (Å²) in [5.41, 5.74) is 9.92. The number of aromatic nitrogens is 6. The van der Waals surface area contributed by atoms with E-state index in [9.17, 15) is 0 Å². The molecule has 3 heterocycles. The largest absolute Gasteiger partial charge is 0.253 e. The number of fused-ring (bicyclic) bond motifs is 2. The first-order valence-electron chi connectivity index (χ1n) is 11.5. The van der Waals surface area contributed by atoms with Crippen molar-refractivity contribution in [2.45, 2.75) is 26.7 Å². The Bertz CT molecular complexity index is 1610. The van der Waals surface area contributed by atoms with Crippen LogP contribution in [0, 0.1) is 6.92 Å². The third kappa shape index (κ3) is 3.44. The zero-order valence-corrected chi connectivity index (χ0v) is 19.2. The summed E-state index contributed by atoms with van der Waals surface area (Å²) in [5.74, 6) is 0. The van der Waals surface area contributed by atoms with E-state index in [1.54, 1.807) is 6.20 Å². The Morgan fingerprint density at radius 2 is 1.68 bits per heavy atom. The lowest BCUT2D eigenvalue weighted by Gasteiger charge is -2.15. The number of benzene rings is 3. The van der Waals surface area contributed by atoms with Crippen LogP contribution >= 0.6 is 0 Å². The third-order valence-corrected chi connectivity index (χ3v) is 6.46. The van der Waals surface area contributed by atoms with Gasteiger partial charge in [-0.05, 0) is 85.0 Å². The number of aryl methyl sites for hydroxylation is 2. The quantitative estimate of drug-likeness (QED) is 0.346. The minimum absolute atomic E-state index is 0.841. The molecule has 0 saturated carbocycles. The van der Waals surface area contributed by atoms with Crippen LogP contribution in [0.3, 0.4) is 0 Å². The molecule has 0 saturated heterocycles. The number of pyridine rings is 1. The van der Waals surface area contributed by atoms with Gasteiger partial charge >= 0.3 is 0 Å². The summed E-state index contributed by atoms with van der Waals surface area (Å²) in [6.07, 6.45) is 5.49. The standard InChI is InChI=1S/C28H24N6/c1-3-25-23(17-20-9-11-21(12-10-20)33-16-6-15-29-33)19(2)24-18-22(13-14-26(24)30-25)34-28-8-5-4-7-27(28)31-32-34/h4-16,18H,3,17H2,1-2H3. The van der Waals surface area contributed by atoms with Gasteiger partial charge in [0, 0.05) is 23.5 Å². The molecule has 6 heteroatoms. The molecule has 0 fully saturated rings. The summed E-state index contributed by atoms with van der Waals surface area (Å²) in [6.45, 7) is 4.38. The smallest absolute Gasteiger partial charge is 0.113 e. The molecule has 0 atom stereocenters. The molecule has 0 aliphatic rings. The molecular formula is C28H24N6. The molecule has 166 valence electrons. The lowest BCUT2D eigenvalue weighted by molar-refractivity contribution is 0.824. The molecule has 0 bridgehead atoms. The van der Waals surface area contributed by atoms with Crippen molar-refractivity contribution >= 4 is 21.9 Å². The van der Waals surface area contributed by atoms with Gasteiger partial charge in [0.2, 0.25) is 0 Å². The van der Waals surface area contributed by atoms with Crippen molar-refractivity contribution in [2.24, 2.45) is 0 Å². The predicted octanol–water partition coefficient (Wildman–Crippen LogP) is 5.62. The summed E-state index contributed by atoms with van der Waals surface area (Å²) in [5, 5.41) is 14.2. The van der Waals surface area contributed by atoms with Gasteiger partial charge in [-0.15, -0.1) is 5.10 Å². The molecule has 0 aliphatic heterocycles. The van der Waals surface area contributed by atoms with E-state index in [0.29, 0.717) is 0 Å². The summed E-state index contributed by atoms with van der Waals surface area (Å²) in [7, 11) is 0. The van der Waals surface area contributed by atoms with Gasteiger partial charge < -0.3 is 0 Å². The molecule has 6 nitrogen and oxygen atoms in total. The van der Waals surface area contributed by atoms with Gasteiger partial charge in [-0.2, -0.15) is 5.10 Å². The van der Waals surface area contributed by atoms with E-state index in [1.165, 1.54) is 16.7 Å². The van der Waals surface area contributed by atoms with Crippen molar-refractivity contribution in [3.63, 3.8) is 0 Å². The van der Waals surface area contributed by atoms with Crippen molar-refractivity contribution in [2.75, 3.05) is 0 Å². The molecular weight excluding hydrogens is 420 g/mol. The highest BCUT2D eigenvalue weighted by Gasteiger charge is 2.14. The second-order valence-corrected chi connectivity index (χ2v) is 8.50. The number of rotatable bonds is 5. The maximum absolute atomic E-state index is 5.03. The topological polar surface area (TPSA) is 61.4 Å². The summed E-state index contributed by atoms with van der Waals surface area (Å²) < 4.78 is 3.77. The van der Waals surface area contributed by atoms with E-state index in [2.05, 4.69) is 71.7 Å². The van der Waals surface area contributed by atoms with Crippen molar-refractivity contribution in [3.05, 3.63) is 108 Å². The fourth-order valence-corrected chi connectivity index (χ4v) is 4.62. The molecule has 0 aliphatic carbocycles. The van der Waals surface area contributed by atoms with E-state index in [0.717, 1.165) is 51.8 Å². The lowest BCUT2D eigenvalue weighted by atomic mass is 9.94. The molecule has 3 aromatic heterocycles. The van der Waals surface area contributed by atoms with Crippen LogP contribution < -0.4 is 0 Å². The molecule has 6 rings (SSSR count). The van der Waals surface area contributed by atoms with Crippen molar-refractivity contribution in [1.82, 2.24) is 29.8 Å². The van der Waals surface area contributed by atoms with Gasteiger partial charge in [0.15, 0.2) is 0 Å². The highest BCUT2D eigenvalue weighted by atomic mass is 15.4. The van der Waals surface area contributed by atoms with Gasteiger partial charge in [-0.1, -0.05) is 36.4 Å². The zero-order valence-electron chi connectivity index (χ0n) is 19.2. The van der Waals surface area contributed by atoms with Crippen molar-refractivity contribution in [3.8, 4) is 11.4 Å². The first-order chi connectivity index (χ1) is 16.7. The Kier molecular flexibility index (Phi) is 4.91. The Balaban J connectivity index is 1.42.